The molecule has 0 heterocycles. The van der Waals surface area contributed by atoms with Gasteiger partial charge in [0.15, 0.2) is 0 Å². The highest BCUT2D eigenvalue weighted by molar-refractivity contribution is 8.32. The molecule has 1 N–H and O–H groups in total. The van der Waals surface area contributed by atoms with Gasteiger partial charge in [-0.3, -0.25) is 8.42 Å². The molecule has 0 aliphatic heterocycles. The summed E-state index contributed by atoms with van der Waals surface area (Å²) in [5.74, 6) is -4.14. The zero-order valence-corrected chi connectivity index (χ0v) is 24.9. The van der Waals surface area contributed by atoms with Crippen molar-refractivity contribution in [2.45, 2.75) is 44.6 Å². The van der Waals surface area contributed by atoms with Crippen molar-refractivity contribution in [1.29, 1.82) is 0 Å². The molecule has 3 aromatic carbocycles. The van der Waals surface area contributed by atoms with Crippen molar-refractivity contribution in [3.63, 3.8) is 0 Å². The lowest BCUT2D eigenvalue weighted by atomic mass is 10.1. The van der Waals surface area contributed by atoms with Gasteiger partial charge < -0.3 is 9.47 Å². The summed E-state index contributed by atoms with van der Waals surface area (Å²) in [5, 5.41) is 0. The van der Waals surface area contributed by atoms with Crippen molar-refractivity contribution >= 4 is 44.0 Å². The minimum Gasteiger partial charge on any atom is -0.464 e. The van der Waals surface area contributed by atoms with Crippen LogP contribution in [0.15, 0.2) is 106 Å². The van der Waals surface area contributed by atoms with Gasteiger partial charge in [0.2, 0.25) is 0 Å². The summed E-state index contributed by atoms with van der Waals surface area (Å²) < 4.78 is 122. The first-order valence-corrected chi connectivity index (χ1v) is 16.2. The Hall–Kier alpha value is -3.27. The Kier molecular flexibility index (Phi) is 11.4. The number of halogens is 7. The van der Waals surface area contributed by atoms with E-state index in [4.69, 9.17) is 11.6 Å². The number of carbonyl (C=O) groups excluding carboxylic acids is 2. The quantitative estimate of drug-likeness (QED) is 0.0468. The average Bonchev–Trinajstić information content (AvgIpc) is 2.97. The number of hydrogen-bond donors (Lipinski definition) is 0. The molecular weight excluding hydrogens is 662 g/mol. The van der Waals surface area contributed by atoms with E-state index >= 15 is 0 Å². The highest BCUT2D eigenvalue weighted by Gasteiger charge is 2.89. The van der Waals surface area contributed by atoms with Crippen LogP contribution in [0.1, 0.15) is 12.8 Å². The molecule has 0 aliphatic carbocycles. The maximum atomic E-state index is 14.6. The minimum absolute atomic E-state index is 0.0250. The fourth-order valence-electron chi connectivity index (χ4n) is 4.09. The van der Waals surface area contributed by atoms with Crippen molar-refractivity contribution in [3.05, 3.63) is 91.0 Å². The third-order valence-corrected chi connectivity index (χ3v) is 12.1. The van der Waals surface area contributed by atoms with E-state index < -0.39 is 68.9 Å². The first kappa shape index (κ1) is 35.2. The Morgan fingerprint density at radius 3 is 1.45 bits per heavy atom. The zero-order chi connectivity index (χ0) is 32.7. The van der Waals surface area contributed by atoms with E-state index in [-0.39, 0.29) is 27.2 Å². The second-order valence-electron chi connectivity index (χ2n) is 8.89. The van der Waals surface area contributed by atoms with E-state index in [1.165, 1.54) is 91.0 Å². The predicted octanol–water partition coefficient (Wildman–Crippen LogP) is 7.28. The fourth-order valence-corrected chi connectivity index (χ4v) is 10.1. The number of ether oxygens (including phenoxy) is 2. The molecule has 0 saturated heterocycles. The van der Waals surface area contributed by atoms with Gasteiger partial charge in [0.1, 0.15) is 6.61 Å². The number of carbonyl (C=O) groups is 2. The van der Waals surface area contributed by atoms with Gasteiger partial charge in [0, 0.05) is 6.42 Å². The van der Waals surface area contributed by atoms with Crippen LogP contribution < -0.4 is 0 Å². The number of benzene rings is 3. The Bertz CT molecular complexity index is 1390. The van der Waals surface area contributed by atoms with Gasteiger partial charge in [-0.25, -0.2) is 4.79 Å². The van der Waals surface area contributed by atoms with Crippen LogP contribution in [0.3, 0.4) is 0 Å². The molecule has 0 saturated carbocycles. The Morgan fingerprint density at radius 1 is 0.682 bits per heavy atom. The van der Waals surface area contributed by atoms with Gasteiger partial charge in [-0.2, -0.15) is 34.8 Å². The first-order chi connectivity index (χ1) is 20.6. The van der Waals surface area contributed by atoms with Crippen LogP contribution in [0.4, 0.5) is 26.3 Å². The lowest BCUT2D eigenvalue weighted by Gasteiger charge is -2.38. The number of esters is 2. The molecule has 0 atom stereocenters. The molecule has 0 unspecified atom stereocenters. The van der Waals surface area contributed by atoms with Crippen LogP contribution in [0.25, 0.3) is 0 Å². The van der Waals surface area contributed by atoms with Crippen molar-refractivity contribution in [2.75, 3.05) is 19.1 Å². The molecule has 44 heavy (non-hydrogen) atoms. The largest absolute Gasteiger partial charge is 0.464 e. The fraction of sp³-hybridized carbons (Fsp3) is 0.286. The standard InChI is InChI=1S/C28H25ClF6O7S2/c29-18-20-40-24(36)17-10-19-41-25(37)26(27(30,31)32,28(33,34)35)44(38,39)42-43(21-11-4-1-5-12-21,22-13-6-2-7-14-22)23-15-8-3-9-16-23/h1-9,11-16H,10,17-20H2/p+1. The minimum atomic E-state index is -6.93. The van der Waals surface area contributed by atoms with Gasteiger partial charge in [0.25, 0.3) is 0 Å². The average molecular weight is 688 g/mol. The zero-order valence-electron chi connectivity index (χ0n) is 22.6. The Morgan fingerprint density at radius 2 is 1.09 bits per heavy atom. The number of alkyl halides is 7. The predicted molar refractivity (Wildman–Crippen MR) is 150 cm³/mol. The summed E-state index contributed by atoms with van der Waals surface area (Å²) in [6, 6.07) is 20.9. The summed E-state index contributed by atoms with van der Waals surface area (Å²) in [7, 11) is -10.8. The Labute approximate surface area is 255 Å². The molecule has 7 nitrogen and oxygen atoms in total. The maximum Gasteiger partial charge on any atom is 0.435 e. The monoisotopic (exact) mass is 687 g/mol. The second-order valence-corrected chi connectivity index (χ2v) is 14.0. The highest BCUT2D eigenvalue weighted by Crippen LogP contribution is 2.69. The van der Waals surface area contributed by atoms with Gasteiger partial charge >= 0.3 is 39.2 Å². The Balaban J connectivity index is 2.22. The molecule has 3 aromatic rings. The van der Waals surface area contributed by atoms with Crippen LogP contribution in [-0.2, 0) is 29.2 Å². The molecule has 0 aromatic heterocycles. The smallest absolute Gasteiger partial charge is 0.435 e. The molecule has 0 amide bonds. The number of hydrogen-bond acceptors (Lipinski definition) is 6. The lowest BCUT2D eigenvalue weighted by molar-refractivity contribution is -0.269. The van der Waals surface area contributed by atoms with Gasteiger partial charge in [-0.1, -0.05) is 54.6 Å². The topological polar surface area (TPSA) is 99.5 Å². The van der Waals surface area contributed by atoms with Crippen LogP contribution in [-0.4, -0.2) is 60.2 Å². The highest BCUT2D eigenvalue weighted by atomic mass is 35.5. The molecule has 3 rings (SSSR count). The van der Waals surface area contributed by atoms with E-state index in [2.05, 4.69) is 13.1 Å². The van der Waals surface area contributed by atoms with Crippen LogP contribution in [0.2, 0.25) is 0 Å². The van der Waals surface area contributed by atoms with Crippen LogP contribution in [0, 0.1) is 0 Å². The van der Waals surface area contributed by atoms with Crippen molar-refractivity contribution in [3.8, 4) is 0 Å². The summed E-state index contributed by atoms with van der Waals surface area (Å²) in [5.41, 5.74) is 0. The van der Waals surface area contributed by atoms with Crippen molar-refractivity contribution < 1.29 is 57.5 Å². The van der Waals surface area contributed by atoms with Crippen molar-refractivity contribution in [2.24, 2.45) is 0 Å². The SMILES string of the molecule is O=C(CCCOC(=O)C(C(F)(F)F)(C(F)(F)F)S(=O)(=O)[OH+]S(c1ccccc1)(c1ccccc1)c1ccccc1)OCCCl. The summed E-state index contributed by atoms with van der Waals surface area (Å²) in [4.78, 5) is 24.4. The third-order valence-electron chi connectivity index (χ3n) is 6.03. The van der Waals surface area contributed by atoms with E-state index in [9.17, 15) is 44.3 Å². The van der Waals surface area contributed by atoms with E-state index in [0.717, 1.165) is 0 Å². The van der Waals surface area contributed by atoms with Crippen LogP contribution in [0.5, 0.6) is 0 Å². The van der Waals surface area contributed by atoms with E-state index in [1.807, 2.05) is 0 Å². The lowest BCUT2D eigenvalue weighted by Crippen LogP contribution is -2.68. The van der Waals surface area contributed by atoms with Gasteiger partial charge in [-0.15, -0.1) is 11.6 Å². The van der Waals surface area contributed by atoms with Gasteiger partial charge in [0.05, 0.1) is 37.5 Å². The third kappa shape index (κ3) is 7.00. The molecule has 16 heteroatoms. The molecule has 240 valence electrons. The van der Waals surface area contributed by atoms with Gasteiger partial charge in [-0.05, 0) is 42.8 Å². The molecule has 0 aliphatic rings. The second kappa shape index (κ2) is 14.2. The molecule has 0 bridgehead atoms. The number of rotatable bonds is 13. The molecular formula is C28H26ClF6O7S2+. The van der Waals surface area contributed by atoms with E-state index in [1.54, 1.807) is 0 Å². The maximum absolute atomic E-state index is 14.6. The molecule has 0 radical (unpaired) electrons. The molecule has 0 spiro atoms. The normalized spacial score (nSPS) is 13.2. The summed E-state index contributed by atoms with van der Waals surface area (Å²) >= 11 is 5.37. The van der Waals surface area contributed by atoms with Crippen LogP contribution >= 0.6 is 21.9 Å². The molecule has 0 fully saturated rings. The van der Waals surface area contributed by atoms with Crippen molar-refractivity contribution in [1.82, 2.24) is 0 Å². The van der Waals surface area contributed by atoms with E-state index in [0.29, 0.717) is 0 Å². The summed E-state index contributed by atoms with van der Waals surface area (Å²) in [6.07, 6.45) is -14.7. The first-order valence-electron chi connectivity index (χ1n) is 12.6. The summed E-state index contributed by atoms with van der Waals surface area (Å²) in [6.45, 7) is -1.37.